The van der Waals surface area contributed by atoms with Gasteiger partial charge >= 0.3 is 0 Å². The monoisotopic (exact) mass is 306 g/mol. The Morgan fingerprint density at radius 2 is 1.82 bits per heavy atom. The maximum atomic E-state index is 12.2. The van der Waals surface area contributed by atoms with Gasteiger partial charge < -0.3 is 15.7 Å². The van der Waals surface area contributed by atoms with Gasteiger partial charge in [-0.2, -0.15) is 0 Å². The van der Waals surface area contributed by atoms with Gasteiger partial charge in [-0.3, -0.25) is 4.79 Å². The first-order valence-electron chi connectivity index (χ1n) is 8.19. The van der Waals surface area contributed by atoms with Crippen molar-refractivity contribution in [3.05, 3.63) is 29.8 Å². The lowest BCUT2D eigenvalue weighted by Gasteiger charge is -2.20. The zero-order valence-corrected chi connectivity index (χ0v) is 14.2. The van der Waals surface area contributed by atoms with E-state index in [9.17, 15) is 4.79 Å². The Kier molecular flexibility index (Phi) is 8.13. The zero-order valence-electron chi connectivity index (χ0n) is 14.2. The van der Waals surface area contributed by atoms with Crippen LogP contribution in [-0.4, -0.2) is 29.7 Å². The van der Waals surface area contributed by atoms with Crippen LogP contribution in [0.2, 0.25) is 0 Å². The van der Waals surface area contributed by atoms with Crippen molar-refractivity contribution >= 4 is 11.6 Å². The van der Waals surface area contributed by atoms with Crippen LogP contribution in [0.3, 0.4) is 0 Å². The van der Waals surface area contributed by atoms with Crippen LogP contribution < -0.4 is 10.6 Å². The highest BCUT2D eigenvalue weighted by molar-refractivity contribution is 5.91. The van der Waals surface area contributed by atoms with Gasteiger partial charge in [0.15, 0.2) is 0 Å². The number of carbonyl (C=O) groups excluding carboxylic acids is 1. The largest absolute Gasteiger partial charge is 0.396 e. The number of aliphatic hydroxyl groups excluding tert-OH is 1. The average molecular weight is 306 g/mol. The summed E-state index contributed by atoms with van der Waals surface area (Å²) in [6.07, 6.45) is 2.14. The Morgan fingerprint density at radius 1 is 1.14 bits per heavy atom. The number of hydrogen-bond donors (Lipinski definition) is 3. The van der Waals surface area contributed by atoms with Gasteiger partial charge in [0, 0.05) is 30.8 Å². The molecule has 124 valence electrons. The number of rotatable bonds is 9. The van der Waals surface area contributed by atoms with Crippen molar-refractivity contribution in [1.29, 1.82) is 0 Å². The first-order valence-corrected chi connectivity index (χ1v) is 8.19. The van der Waals surface area contributed by atoms with E-state index in [0.29, 0.717) is 18.4 Å². The quantitative estimate of drug-likeness (QED) is 0.656. The van der Waals surface area contributed by atoms with E-state index in [4.69, 9.17) is 5.11 Å². The van der Waals surface area contributed by atoms with Crippen molar-refractivity contribution < 1.29 is 9.90 Å². The van der Waals surface area contributed by atoms with E-state index in [-0.39, 0.29) is 18.6 Å². The van der Waals surface area contributed by atoms with Gasteiger partial charge in [0.05, 0.1) is 0 Å². The van der Waals surface area contributed by atoms with E-state index < -0.39 is 0 Å². The molecule has 2 unspecified atom stereocenters. The number of amides is 1. The van der Waals surface area contributed by atoms with Crippen LogP contribution in [0.5, 0.6) is 0 Å². The highest BCUT2D eigenvalue weighted by Crippen LogP contribution is 2.23. The molecule has 0 aliphatic heterocycles. The van der Waals surface area contributed by atoms with Crippen LogP contribution in [0.4, 0.5) is 5.69 Å². The van der Waals surface area contributed by atoms with Gasteiger partial charge in [0.2, 0.25) is 5.91 Å². The van der Waals surface area contributed by atoms with Crippen LogP contribution >= 0.6 is 0 Å². The van der Waals surface area contributed by atoms with Crippen LogP contribution in [0.15, 0.2) is 24.3 Å². The van der Waals surface area contributed by atoms with Crippen molar-refractivity contribution in [3.63, 3.8) is 0 Å². The molecule has 1 aromatic rings. The number of anilines is 1. The molecule has 2 atom stereocenters. The summed E-state index contributed by atoms with van der Waals surface area (Å²) in [5, 5.41) is 15.3. The van der Waals surface area contributed by atoms with Crippen molar-refractivity contribution in [2.75, 3.05) is 11.9 Å². The standard InChI is InChI=1S/C18H30N2O2/c1-13(2)16-9-5-6-10-17(16)20-18(22)12-15(4)19-14(3)8-7-11-21/h5-6,9-10,13-15,19,21H,7-8,11-12H2,1-4H3,(H,20,22). The molecule has 0 fully saturated rings. The summed E-state index contributed by atoms with van der Waals surface area (Å²) >= 11 is 0. The Labute approximate surface area is 134 Å². The predicted molar refractivity (Wildman–Crippen MR) is 92.2 cm³/mol. The minimum Gasteiger partial charge on any atom is -0.396 e. The molecule has 0 aromatic heterocycles. The van der Waals surface area contributed by atoms with Gasteiger partial charge in [-0.1, -0.05) is 32.0 Å². The number of hydrogen-bond acceptors (Lipinski definition) is 3. The summed E-state index contributed by atoms with van der Waals surface area (Å²) in [4.78, 5) is 12.2. The second-order valence-electron chi connectivity index (χ2n) is 6.33. The van der Waals surface area contributed by atoms with E-state index in [2.05, 4.69) is 37.5 Å². The number of carbonyl (C=O) groups is 1. The van der Waals surface area contributed by atoms with Crippen molar-refractivity contribution in [3.8, 4) is 0 Å². The second kappa shape index (κ2) is 9.59. The molecule has 1 amide bonds. The molecular weight excluding hydrogens is 276 g/mol. The number of aliphatic hydroxyl groups is 1. The number of benzene rings is 1. The fourth-order valence-corrected chi connectivity index (χ4v) is 2.62. The maximum Gasteiger partial charge on any atom is 0.225 e. The first kappa shape index (κ1) is 18.7. The Hall–Kier alpha value is -1.39. The van der Waals surface area contributed by atoms with Crippen molar-refractivity contribution in [1.82, 2.24) is 5.32 Å². The van der Waals surface area contributed by atoms with E-state index in [1.807, 2.05) is 25.1 Å². The van der Waals surface area contributed by atoms with Gasteiger partial charge in [-0.05, 0) is 44.2 Å². The van der Waals surface area contributed by atoms with Crippen molar-refractivity contribution in [2.45, 2.75) is 65.0 Å². The Morgan fingerprint density at radius 3 is 2.45 bits per heavy atom. The molecule has 4 nitrogen and oxygen atoms in total. The normalized spacial score (nSPS) is 13.9. The Bertz CT molecular complexity index is 460. The maximum absolute atomic E-state index is 12.2. The van der Waals surface area contributed by atoms with E-state index in [0.717, 1.165) is 24.1 Å². The second-order valence-corrected chi connectivity index (χ2v) is 6.33. The molecule has 0 aliphatic carbocycles. The van der Waals surface area contributed by atoms with E-state index in [1.54, 1.807) is 0 Å². The van der Waals surface area contributed by atoms with Gasteiger partial charge in [-0.25, -0.2) is 0 Å². The number of nitrogens with one attached hydrogen (secondary N) is 2. The summed E-state index contributed by atoms with van der Waals surface area (Å²) in [6.45, 7) is 8.56. The third kappa shape index (κ3) is 6.58. The van der Waals surface area contributed by atoms with Crippen LogP contribution in [0.25, 0.3) is 0 Å². The van der Waals surface area contributed by atoms with Crippen molar-refractivity contribution in [2.24, 2.45) is 0 Å². The topological polar surface area (TPSA) is 61.4 Å². The molecule has 0 saturated carbocycles. The van der Waals surface area contributed by atoms with E-state index in [1.165, 1.54) is 0 Å². The highest BCUT2D eigenvalue weighted by atomic mass is 16.2. The van der Waals surface area contributed by atoms with Crippen LogP contribution in [0.1, 0.15) is 58.4 Å². The molecule has 0 saturated heterocycles. The highest BCUT2D eigenvalue weighted by Gasteiger charge is 2.13. The molecule has 4 heteroatoms. The summed E-state index contributed by atoms with van der Waals surface area (Å²) in [6, 6.07) is 8.37. The fraction of sp³-hybridized carbons (Fsp3) is 0.611. The van der Waals surface area contributed by atoms with Gasteiger partial charge in [0.1, 0.15) is 0 Å². The lowest BCUT2D eigenvalue weighted by molar-refractivity contribution is -0.116. The summed E-state index contributed by atoms with van der Waals surface area (Å²) in [7, 11) is 0. The molecule has 0 heterocycles. The molecular formula is C18H30N2O2. The van der Waals surface area contributed by atoms with E-state index >= 15 is 0 Å². The smallest absolute Gasteiger partial charge is 0.225 e. The lowest BCUT2D eigenvalue weighted by atomic mass is 10.0. The molecule has 0 aliphatic rings. The summed E-state index contributed by atoms with van der Waals surface area (Å²) in [5.74, 6) is 0.410. The third-order valence-electron chi connectivity index (χ3n) is 3.71. The van der Waals surface area contributed by atoms with Crippen LogP contribution in [0, 0.1) is 0 Å². The summed E-state index contributed by atoms with van der Waals surface area (Å²) in [5.41, 5.74) is 2.07. The molecule has 0 radical (unpaired) electrons. The zero-order chi connectivity index (χ0) is 16.5. The fourth-order valence-electron chi connectivity index (χ4n) is 2.62. The molecule has 1 rings (SSSR count). The minimum absolute atomic E-state index is 0.0301. The average Bonchev–Trinajstić information content (AvgIpc) is 2.45. The summed E-state index contributed by atoms with van der Waals surface area (Å²) < 4.78 is 0. The lowest BCUT2D eigenvalue weighted by Crippen LogP contribution is -2.37. The van der Waals surface area contributed by atoms with Gasteiger partial charge in [-0.15, -0.1) is 0 Å². The predicted octanol–water partition coefficient (Wildman–Crippen LogP) is 3.28. The minimum atomic E-state index is 0.0301. The molecule has 0 bridgehead atoms. The van der Waals surface area contributed by atoms with Crippen LogP contribution in [-0.2, 0) is 4.79 Å². The molecule has 1 aromatic carbocycles. The first-order chi connectivity index (χ1) is 10.4. The molecule has 3 N–H and O–H groups in total. The number of para-hydroxylation sites is 1. The SMILES string of the molecule is CC(CCCO)NC(C)CC(=O)Nc1ccccc1C(C)C. The third-order valence-corrected chi connectivity index (χ3v) is 3.71. The molecule has 22 heavy (non-hydrogen) atoms. The van der Waals surface area contributed by atoms with Gasteiger partial charge in [0.25, 0.3) is 0 Å². The molecule has 0 spiro atoms. The Balaban J connectivity index is 2.49.